The Morgan fingerprint density at radius 1 is 1.22 bits per heavy atom. The molecular weight excluding hydrogens is 362 g/mol. The van der Waals surface area contributed by atoms with Crippen molar-refractivity contribution in [3.8, 4) is 0 Å². The Morgan fingerprint density at radius 3 is 2.63 bits per heavy atom. The lowest BCUT2D eigenvalue weighted by molar-refractivity contribution is -0.132. The lowest BCUT2D eigenvalue weighted by atomic mass is 10.0. The predicted octanol–water partition coefficient (Wildman–Crippen LogP) is 3.69. The second kappa shape index (κ2) is 7.31. The SMILES string of the molecule is Cc1ccc(NC(=O)N2CCC3(CC2)SCC(=O)N3Cc2ccco2)cc1. The lowest BCUT2D eigenvalue weighted by Crippen LogP contribution is -2.53. The number of hydrogen-bond donors (Lipinski definition) is 1. The van der Waals surface area contributed by atoms with E-state index in [2.05, 4.69) is 5.32 Å². The number of thioether (sulfide) groups is 1. The number of nitrogens with zero attached hydrogens (tertiary/aromatic N) is 2. The average molecular weight is 385 g/mol. The maximum absolute atomic E-state index is 12.6. The minimum absolute atomic E-state index is 0.0828. The molecule has 6 nitrogen and oxygen atoms in total. The summed E-state index contributed by atoms with van der Waals surface area (Å²) in [7, 11) is 0. The van der Waals surface area contributed by atoms with Crippen molar-refractivity contribution in [2.75, 3.05) is 24.2 Å². The summed E-state index contributed by atoms with van der Waals surface area (Å²) in [5.74, 6) is 1.44. The molecule has 2 aromatic rings. The van der Waals surface area contributed by atoms with Gasteiger partial charge in [-0.1, -0.05) is 17.7 Å². The molecule has 2 aliphatic heterocycles. The van der Waals surface area contributed by atoms with E-state index in [1.165, 1.54) is 0 Å². The van der Waals surface area contributed by atoms with Crippen molar-refractivity contribution >= 4 is 29.4 Å². The fraction of sp³-hybridized carbons (Fsp3) is 0.400. The molecule has 0 saturated carbocycles. The summed E-state index contributed by atoms with van der Waals surface area (Å²) in [6.45, 7) is 3.78. The number of hydrogen-bond acceptors (Lipinski definition) is 4. The standard InChI is InChI=1S/C20H23N3O3S/c1-15-4-6-16(7-5-15)21-19(25)22-10-8-20(9-11-22)23(18(24)14-27-20)13-17-3-2-12-26-17/h2-7,12H,8-11,13-14H2,1H3,(H,21,25). The molecule has 3 heterocycles. The van der Waals surface area contributed by atoms with Crippen molar-refractivity contribution in [1.82, 2.24) is 9.80 Å². The van der Waals surface area contributed by atoms with Gasteiger partial charge >= 0.3 is 6.03 Å². The maximum Gasteiger partial charge on any atom is 0.321 e. The Balaban J connectivity index is 1.39. The zero-order valence-corrected chi connectivity index (χ0v) is 16.1. The molecule has 0 unspecified atom stereocenters. The Morgan fingerprint density at radius 2 is 1.96 bits per heavy atom. The summed E-state index contributed by atoms with van der Waals surface area (Å²) < 4.78 is 5.43. The van der Waals surface area contributed by atoms with Crippen molar-refractivity contribution in [3.05, 3.63) is 54.0 Å². The molecule has 4 rings (SSSR count). The Bertz CT molecular complexity index is 812. The third-order valence-corrected chi connectivity index (χ3v) is 6.84. The first-order valence-electron chi connectivity index (χ1n) is 9.15. The number of benzene rings is 1. The maximum atomic E-state index is 12.6. The van der Waals surface area contributed by atoms with Crippen molar-refractivity contribution < 1.29 is 14.0 Å². The van der Waals surface area contributed by atoms with E-state index >= 15 is 0 Å². The summed E-state index contributed by atoms with van der Waals surface area (Å²) in [6.07, 6.45) is 3.17. The summed E-state index contributed by atoms with van der Waals surface area (Å²) in [5.41, 5.74) is 1.96. The van der Waals surface area contributed by atoms with Crippen molar-refractivity contribution in [1.29, 1.82) is 0 Å². The summed E-state index contributed by atoms with van der Waals surface area (Å²) in [6, 6.07) is 11.4. The van der Waals surface area contributed by atoms with Crippen LogP contribution in [-0.2, 0) is 11.3 Å². The van der Waals surface area contributed by atoms with Crippen LogP contribution in [0.3, 0.4) is 0 Å². The van der Waals surface area contributed by atoms with Gasteiger partial charge in [-0.3, -0.25) is 4.79 Å². The van der Waals surface area contributed by atoms with E-state index < -0.39 is 0 Å². The topological polar surface area (TPSA) is 65.8 Å². The molecule has 27 heavy (non-hydrogen) atoms. The first-order valence-corrected chi connectivity index (χ1v) is 10.1. The molecule has 142 valence electrons. The molecule has 1 aromatic heterocycles. The summed E-state index contributed by atoms with van der Waals surface area (Å²) in [5, 5.41) is 2.96. The van der Waals surface area contributed by atoms with Crippen LogP contribution < -0.4 is 5.32 Å². The average Bonchev–Trinajstić information content (AvgIpc) is 3.29. The van der Waals surface area contributed by atoms with Crippen LogP contribution in [0.4, 0.5) is 10.5 Å². The van der Waals surface area contributed by atoms with Crippen LogP contribution in [0.1, 0.15) is 24.2 Å². The normalized spacial score (nSPS) is 18.9. The number of anilines is 1. The van der Waals surface area contributed by atoms with Gasteiger partial charge in [0.2, 0.25) is 5.91 Å². The number of furan rings is 1. The molecule has 0 atom stereocenters. The highest BCUT2D eigenvalue weighted by atomic mass is 32.2. The van der Waals surface area contributed by atoms with E-state index in [1.54, 1.807) is 18.0 Å². The number of nitrogens with one attached hydrogen (secondary N) is 1. The number of carbonyl (C=O) groups excluding carboxylic acids is 2. The molecule has 0 bridgehead atoms. The minimum Gasteiger partial charge on any atom is -0.467 e. The predicted molar refractivity (Wildman–Crippen MR) is 105 cm³/mol. The third kappa shape index (κ3) is 3.69. The number of urea groups is 1. The first kappa shape index (κ1) is 18.0. The molecule has 0 aliphatic carbocycles. The zero-order valence-electron chi connectivity index (χ0n) is 15.3. The number of rotatable bonds is 3. The van der Waals surface area contributed by atoms with Gasteiger partial charge in [-0.2, -0.15) is 0 Å². The molecule has 7 heteroatoms. The quantitative estimate of drug-likeness (QED) is 0.875. The van der Waals surface area contributed by atoms with Gasteiger partial charge in [-0.05, 0) is 44.0 Å². The second-order valence-electron chi connectivity index (χ2n) is 7.08. The van der Waals surface area contributed by atoms with Crippen LogP contribution in [0.15, 0.2) is 47.1 Å². The van der Waals surface area contributed by atoms with Crippen LogP contribution in [0, 0.1) is 6.92 Å². The lowest BCUT2D eigenvalue weighted by Gasteiger charge is -2.43. The first-order chi connectivity index (χ1) is 13.1. The molecule has 0 radical (unpaired) electrons. The smallest absolute Gasteiger partial charge is 0.321 e. The van der Waals surface area contributed by atoms with Crippen molar-refractivity contribution in [2.24, 2.45) is 0 Å². The largest absolute Gasteiger partial charge is 0.467 e. The van der Waals surface area contributed by atoms with Crippen molar-refractivity contribution in [3.63, 3.8) is 0 Å². The van der Waals surface area contributed by atoms with Crippen molar-refractivity contribution in [2.45, 2.75) is 31.2 Å². The van der Waals surface area contributed by atoms with Gasteiger partial charge in [0, 0.05) is 18.8 Å². The molecule has 2 saturated heterocycles. The van der Waals surface area contributed by atoms with E-state index in [4.69, 9.17) is 4.42 Å². The van der Waals surface area contributed by atoms with Gasteiger partial charge in [0.1, 0.15) is 5.76 Å². The van der Waals surface area contributed by atoms with Gasteiger partial charge in [0.25, 0.3) is 0 Å². The van der Waals surface area contributed by atoms with Crippen LogP contribution in [0.5, 0.6) is 0 Å². The fourth-order valence-electron chi connectivity index (χ4n) is 3.68. The van der Waals surface area contributed by atoms with Gasteiger partial charge < -0.3 is 19.5 Å². The second-order valence-corrected chi connectivity index (χ2v) is 8.41. The minimum atomic E-state index is -0.232. The highest BCUT2D eigenvalue weighted by Crippen LogP contribution is 2.45. The molecule has 3 amide bonds. The van der Waals surface area contributed by atoms with Crippen LogP contribution in [-0.4, -0.2) is 45.5 Å². The molecular formula is C20H23N3O3S. The van der Waals surface area contributed by atoms with Crippen LogP contribution in [0.25, 0.3) is 0 Å². The summed E-state index contributed by atoms with van der Waals surface area (Å²) in [4.78, 5) is 28.5. The van der Waals surface area contributed by atoms with Gasteiger partial charge in [0.15, 0.2) is 0 Å². The summed E-state index contributed by atoms with van der Waals surface area (Å²) >= 11 is 1.70. The van der Waals surface area contributed by atoms with E-state index in [9.17, 15) is 9.59 Å². The number of carbonyl (C=O) groups is 2. The van der Waals surface area contributed by atoms with Crippen LogP contribution >= 0.6 is 11.8 Å². The number of aryl methyl sites for hydroxylation is 1. The van der Waals surface area contributed by atoms with E-state index in [0.29, 0.717) is 25.4 Å². The molecule has 2 fully saturated rings. The fourth-order valence-corrected chi connectivity index (χ4v) is 5.02. The Hall–Kier alpha value is -2.41. The van der Waals surface area contributed by atoms with E-state index in [-0.39, 0.29) is 16.8 Å². The number of piperidine rings is 1. The molecule has 2 aliphatic rings. The monoisotopic (exact) mass is 385 g/mol. The molecule has 1 N–H and O–H groups in total. The number of amides is 3. The van der Waals surface area contributed by atoms with E-state index in [0.717, 1.165) is 29.9 Å². The zero-order chi connectivity index (χ0) is 18.9. The third-order valence-electron chi connectivity index (χ3n) is 5.29. The Labute approximate surface area is 162 Å². The highest BCUT2D eigenvalue weighted by Gasteiger charge is 2.48. The Kier molecular flexibility index (Phi) is 4.86. The van der Waals surface area contributed by atoms with Gasteiger partial charge in [-0.25, -0.2) is 4.79 Å². The van der Waals surface area contributed by atoms with Gasteiger partial charge in [0.05, 0.1) is 23.4 Å². The van der Waals surface area contributed by atoms with Crippen LogP contribution in [0.2, 0.25) is 0 Å². The van der Waals surface area contributed by atoms with E-state index in [1.807, 2.05) is 53.1 Å². The highest BCUT2D eigenvalue weighted by molar-refractivity contribution is 8.01. The number of likely N-dealkylation sites (tertiary alicyclic amines) is 1. The molecule has 1 spiro atoms. The molecule has 1 aromatic carbocycles. The van der Waals surface area contributed by atoms with Gasteiger partial charge in [-0.15, -0.1) is 11.8 Å².